The van der Waals surface area contributed by atoms with Crippen LogP contribution in [-0.2, 0) is 4.79 Å². The second-order valence-corrected chi connectivity index (χ2v) is 3.39. The van der Waals surface area contributed by atoms with E-state index >= 15 is 0 Å². The number of Topliss-reactive ketones (excluding diaryl/α,β-unsaturated/α-hetero) is 1. The molecule has 0 radical (unpaired) electrons. The maximum Gasteiger partial charge on any atom is 0.311 e. The summed E-state index contributed by atoms with van der Waals surface area (Å²) in [6, 6.07) is 4.75. The topological polar surface area (TPSA) is 54.4 Å². The average Bonchev–Trinajstić information content (AvgIpc) is 2.01. The van der Waals surface area contributed by atoms with E-state index in [0.29, 0.717) is 16.1 Å². The molecule has 0 aliphatic rings. The first-order valence-corrected chi connectivity index (χ1v) is 4.39. The van der Waals surface area contributed by atoms with Crippen LogP contribution in [-0.4, -0.2) is 16.9 Å². The van der Waals surface area contributed by atoms with Gasteiger partial charge in [-0.25, -0.2) is 0 Å². The molecular weight excluding hydrogens is 204 g/mol. The largest absolute Gasteiger partial charge is 0.481 e. The predicted molar refractivity (Wildman–Crippen MR) is 52.8 cm³/mol. The van der Waals surface area contributed by atoms with Crippen molar-refractivity contribution >= 4 is 23.4 Å². The lowest BCUT2D eigenvalue weighted by Crippen LogP contribution is -2.08. The van der Waals surface area contributed by atoms with Gasteiger partial charge in [0.1, 0.15) is 6.42 Å². The number of carbonyl (C=O) groups is 2. The molecule has 0 saturated carbocycles. The lowest BCUT2D eigenvalue weighted by atomic mass is 10.0. The number of rotatable bonds is 3. The Morgan fingerprint density at radius 3 is 2.57 bits per heavy atom. The molecule has 0 fully saturated rings. The highest BCUT2D eigenvalue weighted by Crippen LogP contribution is 2.16. The fraction of sp³-hybridized carbons (Fsp3) is 0.200. The molecule has 0 unspecified atom stereocenters. The summed E-state index contributed by atoms with van der Waals surface area (Å²) in [7, 11) is 0. The number of hydrogen-bond acceptors (Lipinski definition) is 2. The summed E-state index contributed by atoms with van der Waals surface area (Å²) in [5.74, 6) is -1.52. The van der Waals surface area contributed by atoms with Crippen molar-refractivity contribution in [3.63, 3.8) is 0 Å². The zero-order valence-electron chi connectivity index (χ0n) is 7.58. The molecule has 74 valence electrons. The van der Waals surface area contributed by atoms with Crippen LogP contribution in [0, 0.1) is 6.92 Å². The second kappa shape index (κ2) is 4.24. The fourth-order valence-corrected chi connectivity index (χ4v) is 1.40. The molecule has 4 heteroatoms. The van der Waals surface area contributed by atoms with E-state index in [0.717, 1.165) is 0 Å². The number of carboxylic acid groups (broad SMARTS) is 1. The number of carbonyl (C=O) groups excluding carboxylic acids is 1. The third-order valence-corrected chi connectivity index (χ3v) is 2.04. The summed E-state index contributed by atoms with van der Waals surface area (Å²) in [4.78, 5) is 21.7. The normalized spacial score (nSPS) is 9.86. The van der Waals surface area contributed by atoms with Crippen molar-refractivity contribution in [2.45, 2.75) is 13.3 Å². The van der Waals surface area contributed by atoms with E-state index in [2.05, 4.69) is 0 Å². The minimum absolute atomic E-state index is 0.397. The molecule has 0 heterocycles. The Morgan fingerprint density at radius 1 is 1.43 bits per heavy atom. The Labute approximate surface area is 86.3 Å². The molecule has 14 heavy (non-hydrogen) atoms. The number of aliphatic carboxylic acids is 1. The van der Waals surface area contributed by atoms with Gasteiger partial charge in [0.25, 0.3) is 0 Å². The number of carboxylic acids is 1. The molecule has 1 N–H and O–H groups in total. The summed E-state index contributed by atoms with van der Waals surface area (Å²) >= 11 is 5.70. The third-order valence-electron chi connectivity index (χ3n) is 1.80. The van der Waals surface area contributed by atoms with Crippen LogP contribution >= 0.6 is 11.6 Å². The van der Waals surface area contributed by atoms with Crippen LogP contribution in [0.3, 0.4) is 0 Å². The van der Waals surface area contributed by atoms with Crippen molar-refractivity contribution in [3.05, 3.63) is 34.3 Å². The Bertz CT molecular complexity index is 385. The molecule has 0 spiro atoms. The summed E-state index contributed by atoms with van der Waals surface area (Å²) in [5.41, 5.74) is 1.11. The van der Waals surface area contributed by atoms with Crippen molar-refractivity contribution in [2.75, 3.05) is 0 Å². The fourth-order valence-electron chi connectivity index (χ4n) is 1.17. The van der Waals surface area contributed by atoms with Crippen molar-refractivity contribution in [2.24, 2.45) is 0 Å². The molecule has 0 bridgehead atoms. The van der Waals surface area contributed by atoms with Gasteiger partial charge >= 0.3 is 5.97 Å². The van der Waals surface area contributed by atoms with Gasteiger partial charge in [-0.1, -0.05) is 11.6 Å². The first-order chi connectivity index (χ1) is 6.50. The molecule has 3 nitrogen and oxygen atoms in total. The smallest absolute Gasteiger partial charge is 0.311 e. The number of ketones is 1. The van der Waals surface area contributed by atoms with Crippen LogP contribution in [0.25, 0.3) is 0 Å². The van der Waals surface area contributed by atoms with Crippen molar-refractivity contribution in [3.8, 4) is 0 Å². The molecule has 0 aromatic heterocycles. The van der Waals surface area contributed by atoms with Crippen molar-refractivity contribution < 1.29 is 14.7 Å². The van der Waals surface area contributed by atoms with Crippen LogP contribution in [0.2, 0.25) is 5.02 Å². The number of halogens is 1. The van der Waals surface area contributed by atoms with E-state index in [-0.39, 0.29) is 0 Å². The van der Waals surface area contributed by atoms with E-state index in [9.17, 15) is 9.59 Å². The van der Waals surface area contributed by atoms with Crippen LogP contribution in [0.1, 0.15) is 22.3 Å². The Kier molecular flexibility index (Phi) is 3.25. The maximum absolute atomic E-state index is 11.4. The summed E-state index contributed by atoms with van der Waals surface area (Å²) < 4.78 is 0. The highest BCUT2D eigenvalue weighted by molar-refractivity contribution is 6.30. The van der Waals surface area contributed by atoms with Gasteiger partial charge in [0.05, 0.1) is 0 Å². The molecular formula is C10H9ClO3. The highest BCUT2D eigenvalue weighted by Gasteiger charge is 2.12. The van der Waals surface area contributed by atoms with Gasteiger partial charge in [-0.05, 0) is 30.7 Å². The van der Waals surface area contributed by atoms with Gasteiger partial charge in [-0.2, -0.15) is 0 Å². The Morgan fingerprint density at radius 2 is 2.07 bits per heavy atom. The quantitative estimate of drug-likeness (QED) is 0.618. The van der Waals surface area contributed by atoms with Gasteiger partial charge in [0.2, 0.25) is 0 Å². The van der Waals surface area contributed by atoms with E-state index in [1.54, 1.807) is 25.1 Å². The van der Waals surface area contributed by atoms with Crippen molar-refractivity contribution in [1.82, 2.24) is 0 Å². The molecule has 0 atom stereocenters. The summed E-state index contributed by atoms with van der Waals surface area (Å²) in [6.45, 7) is 1.72. The minimum atomic E-state index is -1.12. The lowest BCUT2D eigenvalue weighted by Gasteiger charge is -2.02. The predicted octanol–water partition coefficient (Wildman–Crippen LogP) is 2.31. The molecule has 0 aliphatic heterocycles. The molecule has 0 saturated heterocycles. The average molecular weight is 213 g/mol. The molecule has 0 amide bonds. The van der Waals surface area contributed by atoms with Gasteiger partial charge in [0.15, 0.2) is 5.78 Å². The second-order valence-electron chi connectivity index (χ2n) is 2.95. The highest BCUT2D eigenvalue weighted by atomic mass is 35.5. The van der Waals surface area contributed by atoms with Gasteiger partial charge in [-0.3, -0.25) is 9.59 Å². The Balaban J connectivity index is 2.96. The van der Waals surface area contributed by atoms with Crippen LogP contribution in [0.5, 0.6) is 0 Å². The van der Waals surface area contributed by atoms with Gasteiger partial charge < -0.3 is 5.11 Å². The standard InChI is InChI=1S/C10H9ClO3/c1-6-4-7(11)2-3-8(6)9(12)5-10(13)14/h2-4H,5H2,1H3,(H,13,14). The van der Waals surface area contributed by atoms with Gasteiger partial charge in [0, 0.05) is 10.6 Å². The third kappa shape index (κ3) is 2.57. The molecule has 1 rings (SSSR count). The SMILES string of the molecule is Cc1cc(Cl)ccc1C(=O)CC(=O)O. The summed E-state index contributed by atoms with van der Waals surface area (Å²) in [6.07, 6.45) is -0.484. The number of hydrogen-bond donors (Lipinski definition) is 1. The minimum Gasteiger partial charge on any atom is -0.481 e. The lowest BCUT2D eigenvalue weighted by molar-refractivity contribution is -0.135. The monoisotopic (exact) mass is 212 g/mol. The van der Waals surface area contributed by atoms with E-state index in [1.807, 2.05) is 0 Å². The molecule has 1 aromatic rings. The van der Waals surface area contributed by atoms with E-state index in [4.69, 9.17) is 16.7 Å². The molecule has 1 aromatic carbocycles. The Hall–Kier alpha value is -1.35. The zero-order valence-corrected chi connectivity index (χ0v) is 8.34. The number of benzene rings is 1. The first kappa shape index (κ1) is 10.7. The zero-order chi connectivity index (χ0) is 10.7. The van der Waals surface area contributed by atoms with Crippen LogP contribution in [0.15, 0.2) is 18.2 Å². The van der Waals surface area contributed by atoms with Crippen LogP contribution < -0.4 is 0 Å². The van der Waals surface area contributed by atoms with E-state index in [1.165, 1.54) is 0 Å². The van der Waals surface area contributed by atoms with Crippen molar-refractivity contribution in [1.29, 1.82) is 0 Å². The number of aryl methyl sites for hydroxylation is 1. The van der Waals surface area contributed by atoms with Crippen LogP contribution in [0.4, 0.5) is 0 Å². The maximum atomic E-state index is 11.4. The summed E-state index contributed by atoms with van der Waals surface area (Å²) in [5, 5.41) is 8.98. The van der Waals surface area contributed by atoms with E-state index < -0.39 is 18.2 Å². The first-order valence-electron chi connectivity index (χ1n) is 4.02. The molecule has 0 aliphatic carbocycles. The van der Waals surface area contributed by atoms with Gasteiger partial charge in [-0.15, -0.1) is 0 Å².